The molecule has 19 heavy (non-hydrogen) atoms. The van der Waals surface area contributed by atoms with Crippen molar-refractivity contribution in [1.29, 1.82) is 0 Å². The van der Waals surface area contributed by atoms with Crippen molar-refractivity contribution in [2.24, 2.45) is 7.05 Å². The number of aromatic nitrogens is 2. The first-order chi connectivity index (χ1) is 9.01. The molecular formula is C14H18N2O3. The summed E-state index contributed by atoms with van der Waals surface area (Å²) < 4.78 is 8.69. The summed E-state index contributed by atoms with van der Waals surface area (Å²) in [6, 6.07) is 0. The number of hydrogen-bond donors (Lipinski definition) is 0. The molecule has 0 atom stereocenters. The third-order valence-electron chi connectivity index (χ3n) is 3.27. The number of pyridine rings is 1. The molecule has 0 aromatic carbocycles. The van der Waals surface area contributed by atoms with Crippen LogP contribution in [0.4, 0.5) is 0 Å². The first-order valence-corrected chi connectivity index (χ1v) is 6.41. The minimum absolute atomic E-state index is 0.0362. The summed E-state index contributed by atoms with van der Waals surface area (Å²) in [6.07, 6.45) is 4.75. The number of rotatable bonds is 3. The molecule has 102 valence electrons. The minimum atomic E-state index is -0.376. The van der Waals surface area contributed by atoms with E-state index in [1.54, 1.807) is 17.0 Å². The van der Waals surface area contributed by atoms with Crippen LogP contribution in [0.15, 0.2) is 17.2 Å². The highest BCUT2D eigenvalue weighted by Crippen LogP contribution is 2.27. The van der Waals surface area contributed by atoms with Gasteiger partial charge in [-0.15, -0.1) is 0 Å². The molecule has 0 aliphatic carbocycles. The Morgan fingerprint density at radius 3 is 2.37 bits per heavy atom. The standard InChI is InChI=1S/C14H18N2O3/c1-5-10-11(6-2)14(18)16-8-7-15(4)13(16)12(10)19-9(3)17/h7-8H,5-6H2,1-4H3. The molecule has 0 aliphatic heterocycles. The Morgan fingerprint density at radius 2 is 1.84 bits per heavy atom. The predicted octanol–water partition coefficient (Wildman–Crippen LogP) is 1.69. The van der Waals surface area contributed by atoms with Gasteiger partial charge in [0.1, 0.15) is 0 Å². The van der Waals surface area contributed by atoms with Crippen LogP contribution in [-0.4, -0.2) is 14.9 Å². The number of hydrogen-bond acceptors (Lipinski definition) is 3. The van der Waals surface area contributed by atoms with E-state index in [9.17, 15) is 9.59 Å². The third-order valence-corrected chi connectivity index (χ3v) is 3.27. The second-order valence-electron chi connectivity index (χ2n) is 4.49. The van der Waals surface area contributed by atoms with Gasteiger partial charge < -0.3 is 9.30 Å². The van der Waals surface area contributed by atoms with Crippen molar-refractivity contribution in [3.63, 3.8) is 0 Å². The van der Waals surface area contributed by atoms with Gasteiger partial charge in [0.25, 0.3) is 5.56 Å². The third kappa shape index (κ3) is 2.05. The second-order valence-corrected chi connectivity index (χ2v) is 4.49. The van der Waals surface area contributed by atoms with E-state index in [0.29, 0.717) is 29.8 Å². The topological polar surface area (TPSA) is 52.7 Å². The van der Waals surface area contributed by atoms with Crippen molar-refractivity contribution in [2.75, 3.05) is 0 Å². The number of aryl methyl sites for hydroxylation is 1. The van der Waals surface area contributed by atoms with Gasteiger partial charge in [-0.3, -0.25) is 14.0 Å². The molecule has 2 rings (SSSR count). The number of nitrogens with zero attached hydrogens (tertiary/aromatic N) is 2. The predicted molar refractivity (Wildman–Crippen MR) is 72.7 cm³/mol. The highest BCUT2D eigenvalue weighted by molar-refractivity contribution is 5.74. The summed E-state index contributed by atoms with van der Waals surface area (Å²) >= 11 is 0. The van der Waals surface area contributed by atoms with Crippen molar-refractivity contribution in [3.8, 4) is 5.75 Å². The Kier molecular flexibility index (Phi) is 3.46. The SMILES string of the molecule is CCc1c(CC)c(=O)n2ccn(C)c2c1OC(C)=O. The Hall–Kier alpha value is -2.04. The molecule has 0 saturated carbocycles. The van der Waals surface area contributed by atoms with Gasteiger partial charge in [-0.1, -0.05) is 13.8 Å². The molecule has 0 N–H and O–H groups in total. The molecule has 2 heterocycles. The molecule has 0 fully saturated rings. The zero-order valence-corrected chi connectivity index (χ0v) is 11.7. The molecule has 0 aliphatic rings. The van der Waals surface area contributed by atoms with E-state index in [1.165, 1.54) is 11.3 Å². The fourth-order valence-electron chi connectivity index (χ4n) is 2.45. The monoisotopic (exact) mass is 262 g/mol. The van der Waals surface area contributed by atoms with Crippen LogP contribution < -0.4 is 10.3 Å². The average molecular weight is 262 g/mol. The summed E-state index contributed by atoms with van der Waals surface area (Å²) in [6.45, 7) is 5.26. The van der Waals surface area contributed by atoms with Gasteiger partial charge in [0, 0.05) is 37.5 Å². The molecule has 5 nitrogen and oxygen atoms in total. The average Bonchev–Trinajstić information content (AvgIpc) is 2.74. The Morgan fingerprint density at radius 1 is 1.21 bits per heavy atom. The van der Waals surface area contributed by atoms with Crippen LogP contribution in [0.1, 0.15) is 31.9 Å². The van der Waals surface area contributed by atoms with Crippen LogP contribution in [-0.2, 0) is 24.7 Å². The quantitative estimate of drug-likeness (QED) is 0.791. The molecule has 0 unspecified atom stereocenters. The molecule has 2 aromatic heterocycles. The summed E-state index contributed by atoms with van der Waals surface area (Å²) in [4.78, 5) is 23.7. The van der Waals surface area contributed by atoms with Crippen molar-refractivity contribution >= 4 is 11.6 Å². The largest absolute Gasteiger partial charge is 0.422 e. The van der Waals surface area contributed by atoms with Crippen LogP contribution in [0.3, 0.4) is 0 Å². The lowest BCUT2D eigenvalue weighted by atomic mass is 10.0. The van der Waals surface area contributed by atoms with Gasteiger partial charge in [0.05, 0.1) is 0 Å². The number of ether oxygens (including phenoxy) is 1. The van der Waals surface area contributed by atoms with E-state index >= 15 is 0 Å². The molecule has 0 saturated heterocycles. The van der Waals surface area contributed by atoms with E-state index < -0.39 is 0 Å². The van der Waals surface area contributed by atoms with E-state index in [0.717, 1.165) is 5.56 Å². The summed E-state index contributed by atoms with van der Waals surface area (Å²) in [7, 11) is 1.83. The van der Waals surface area contributed by atoms with E-state index in [4.69, 9.17) is 4.74 Å². The Bertz CT molecular complexity index is 695. The van der Waals surface area contributed by atoms with Crippen LogP contribution in [0.25, 0.3) is 5.65 Å². The molecule has 2 aromatic rings. The van der Waals surface area contributed by atoms with Gasteiger partial charge >= 0.3 is 5.97 Å². The zero-order valence-electron chi connectivity index (χ0n) is 11.7. The van der Waals surface area contributed by atoms with E-state index in [-0.39, 0.29) is 11.5 Å². The minimum Gasteiger partial charge on any atom is -0.422 e. The van der Waals surface area contributed by atoms with Gasteiger partial charge in [0.15, 0.2) is 11.4 Å². The Labute approximate surface area is 111 Å². The zero-order chi connectivity index (χ0) is 14.2. The highest BCUT2D eigenvalue weighted by atomic mass is 16.5. The van der Waals surface area contributed by atoms with E-state index in [1.807, 2.05) is 20.9 Å². The molecule has 0 amide bonds. The number of esters is 1. The summed E-state index contributed by atoms with van der Waals surface area (Å²) in [5.74, 6) is 0.123. The second kappa shape index (κ2) is 4.91. The Balaban J connectivity index is 2.94. The molecule has 0 spiro atoms. The highest BCUT2D eigenvalue weighted by Gasteiger charge is 2.20. The normalized spacial score (nSPS) is 10.9. The van der Waals surface area contributed by atoms with Crippen molar-refractivity contribution in [2.45, 2.75) is 33.6 Å². The van der Waals surface area contributed by atoms with E-state index in [2.05, 4.69) is 0 Å². The maximum atomic E-state index is 12.4. The van der Waals surface area contributed by atoms with Gasteiger partial charge in [-0.2, -0.15) is 0 Å². The van der Waals surface area contributed by atoms with Crippen molar-refractivity contribution in [1.82, 2.24) is 8.97 Å². The first kappa shape index (κ1) is 13.4. The lowest BCUT2D eigenvalue weighted by Crippen LogP contribution is -2.22. The lowest BCUT2D eigenvalue weighted by Gasteiger charge is -2.14. The number of imidazole rings is 1. The molecule has 0 bridgehead atoms. The number of carbonyl (C=O) groups excluding carboxylic acids is 1. The maximum Gasteiger partial charge on any atom is 0.308 e. The van der Waals surface area contributed by atoms with Crippen LogP contribution in [0.2, 0.25) is 0 Å². The number of carbonyl (C=O) groups is 1. The summed E-state index contributed by atoms with van der Waals surface area (Å²) in [5, 5.41) is 0. The molecule has 0 radical (unpaired) electrons. The van der Waals surface area contributed by atoms with Crippen molar-refractivity contribution in [3.05, 3.63) is 33.9 Å². The first-order valence-electron chi connectivity index (χ1n) is 6.41. The van der Waals surface area contributed by atoms with Gasteiger partial charge in [-0.25, -0.2) is 0 Å². The van der Waals surface area contributed by atoms with Crippen LogP contribution in [0.5, 0.6) is 5.75 Å². The fraction of sp³-hybridized carbons (Fsp3) is 0.429. The van der Waals surface area contributed by atoms with Gasteiger partial charge in [-0.05, 0) is 12.8 Å². The fourth-order valence-corrected chi connectivity index (χ4v) is 2.45. The summed E-state index contributed by atoms with van der Waals surface area (Å²) in [5.41, 5.74) is 2.12. The molecular weight excluding hydrogens is 244 g/mol. The maximum absolute atomic E-state index is 12.4. The van der Waals surface area contributed by atoms with Crippen molar-refractivity contribution < 1.29 is 9.53 Å². The van der Waals surface area contributed by atoms with Crippen LogP contribution >= 0.6 is 0 Å². The lowest BCUT2D eigenvalue weighted by molar-refractivity contribution is -0.131. The molecule has 5 heteroatoms. The van der Waals surface area contributed by atoms with Crippen LogP contribution in [0, 0.1) is 0 Å². The smallest absolute Gasteiger partial charge is 0.308 e. The van der Waals surface area contributed by atoms with Gasteiger partial charge in [0.2, 0.25) is 0 Å². The number of fused-ring (bicyclic) bond motifs is 1.